The summed E-state index contributed by atoms with van der Waals surface area (Å²) in [5.41, 5.74) is 1.28. The Balaban J connectivity index is 1.87. The summed E-state index contributed by atoms with van der Waals surface area (Å²) < 4.78 is 53.7. The number of anilines is 1. The van der Waals surface area contributed by atoms with Gasteiger partial charge in [0.25, 0.3) is 10.0 Å². The molecular formula is C16H12F2N2O2S2. The highest BCUT2D eigenvalue weighted by Crippen LogP contribution is 2.28. The Bertz CT molecular complexity index is 984. The van der Waals surface area contributed by atoms with Gasteiger partial charge < -0.3 is 0 Å². The fraction of sp³-hybridized carbons (Fsp3) is 0.0625. The largest absolute Gasteiger partial charge is 0.263 e. The molecule has 0 spiro atoms. The summed E-state index contributed by atoms with van der Waals surface area (Å²) in [4.78, 5) is 4.17. The molecule has 0 saturated heterocycles. The molecule has 0 bridgehead atoms. The molecule has 3 aromatic rings. The Hall–Kier alpha value is -2.32. The van der Waals surface area contributed by atoms with Gasteiger partial charge in [-0.1, -0.05) is 17.7 Å². The molecule has 1 aromatic heterocycles. The fourth-order valence-electron chi connectivity index (χ4n) is 2.03. The van der Waals surface area contributed by atoms with Crippen LogP contribution >= 0.6 is 11.3 Å². The van der Waals surface area contributed by atoms with E-state index in [2.05, 4.69) is 9.71 Å². The molecule has 24 heavy (non-hydrogen) atoms. The molecule has 4 nitrogen and oxygen atoms in total. The Morgan fingerprint density at radius 3 is 2.46 bits per heavy atom. The maximum atomic E-state index is 13.8. The molecule has 0 saturated carbocycles. The molecule has 0 atom stereocenters. The fourth-order valence-corrected chi connectivity index (χ4v) is 4.00. The highest BCUT2D eigenvalue weighted by atomic mass is 32.2. The first kappa shape index (κ1) is 16.5. The summed E-state index contributed by atoms with van der Waals surface area (Å²) in [6, 6.07) is 9.50. The molecule has 0 fully saturated rings. The summed E-state index contributed by atoms with van der Waals surface area (Å²) in [5.74, 6) is -1.44. The number of hydrogen-bond donors (Lipinski definition) is 1. The van der Waals surface area contributed by atoms with Gasteiger partial charge in [0, 0.05) is 17.0 Å². The molecule has 0 amide bonds. The number of nitrogens with one attached hydrogen (secondary N) is 1. The van der Waals surface area contributed by atoms with Gasteiger partial charge in [0.15, 0.2) is 5.13 Å². The van der Waals surface area contributed by atoms with E-state index in [9.17, 15) is 17.2 Å². The first-order chi connectivity index (χ1) is 11.3. The van der Waals surface area contributed by atoms with Crippen molar-refractivity contribution in [2.45, 2.75) is 11.8 Å². The number of sulfonamides is 1. The molecule has 0 aliphatic rings. The molecule has 124 valence electrons. The number of thiazole rings is 1. The Kier molecular flexibility index (Phi) is 4.33. The van der Waals surface area contributed by atoms with Gasteiger partial charge in [0.2, 0.25) is 0 Å². The van der Waals surface area contributed by atoms with Gasteiger partial charge in [-0.05, 0) is 31.2 Å². The maximum Gasteiger partial charge on any atom is 0.263 e. The standard InChI is InChI=1S/C16H12F2N2O2S2/c1-10-2-5-12(6-3-10)24(21,22)20-16-19-15(9-23-16)13-7-4-11(17)8-14(13)18/h2-9H,1H3,(H,19,20). The Morgan fingerprint density at radius 1 is 1.08 bits per heavy atom. The van der Waals surface area contributed by atoms with Crippen LogP contribution in [0, 0.1) is 18.6 Å². The third kappa shape index (κ3) is 3.44. The third-order valence-corrected chi connectivity index (χ3v) is 5.51. The zero-order valence-electron chi connectivity index (χ0n) is 12.5. The van der Waals surface area contributed by atoms with Crippen LogP contribution in [0.4, 0.5) is 13.9 Å². The average Bonchev–Trinajstić information content (AvgIpc) is 2.95. The minimum Gasteiger partial charge on any atom is -0.255 e. The molecule has 0 unspecified atom stereocenters. The quantitative estimate of drug-likeness (QED) is 0.753. The molecule has 8 heteroatoms. The van der Waals surface area contributed by atoms with Gasteiger partial charge >= 0.3 is 0 Å². The molecule has 2 aromatic carbocycles. The van der Waals surface area contributed by atoms with Crippen LogP contribution in [0.3, 0.4) is 0 Å². The second-order valence-electron chi connectivity index (χ2n) is 5.08. The maximum absolute atomic E-state index is 13.8. The summed E-state index contributed by atoms with van der Waals surface area (Å²) >= 11 is 1.02. The number of nitrogens with zero attached hydrogens (tertiary/aromatic N) is 1. The number of aryl methyl sites for hydroxylation is 1. The van der Waals surface area contributed by atoms with Crippen molar-refractivity contribution in [2.24, 2.45) is 0 Å². The van der Waals surface area contributed by atoms with E-state index in [4.69, 9.17) is 0 Å². The minimum absolute atomic E-state index is 0.105. The van der Waals surface area contributed by atoms with Gasteiger partial charge in [-0.15, -0.1) is 11.3 Å². The molecule has 1 heterocycles. The van der Waals surface area contributed by atoms with Crippen LogP contribution in [-0.4, -0.2) is 13.4 Å². The van der Waals surface area contributed by atoms with Crippen LogP contribution in [0.2, 0.25) is 0 Å². The molecular weight excluding hydrogens is 354 g/mol. The van der Waals surface area contributed by atoms with E-state index in [0.29, 0.717) is 0 Å². The third-order valence-electron chi connectivity index (χ3n) is 3.26. The first-order valence-corrected chi connectivity index (χ1v) is 9.22. The first-order valence-electron chi connectivity index (χ1n) is 6.85. The number of rotatable bonds is 4. The van der Waals surface area contributed by atoms with Crippen molar-refractivity contribution in [3.63, 3.8) is 0 Å². The molecule has 3 rings (SSSR count). The van der Waals surface area contributed by atoms with Crippen molar-refractivity contribution in [3.05, 3.63) is 65.0 Å². The average molecular weight is 366 g/mol. The molecule has 1 N–H and O–H groups in total. The Morgan fingerprint density at radius 2 is 1.79 bits per heavy atom. The Labute approximate surface area is 141 Å². The van der Waals surface area contributed by atoms with Crippen LogP contribution in [0.1, 0.15) is 5.56 Å². The second-order valence-corrected chi connectivity index (χ2v) is 7.62. The van der Waals surface area contributed by atoms with E-state index < -0.39 is 21.7 Å². The topological polar surface area (TPSA) is 59.1 Å². The lowest BCUT2D eigenvalue weighted by Crippen LogP contribution is -2.12. The van der Waals surface area contributed by atoms with Crippen molar-refractivity contribution < 1.29 is 17.2 Å². The molecule has 0 aliphatic carbocycles. The number of halogens is 2. The van der Waals surface area contributed by atoms with Gasteiger partial charge in [-0.25, -0.2) is 22.2 Å². The number of benzene rings is 2. The number of hydrogen-bond acceptors (Lipinski definition) is 4. The monoisotopic (exact) mass is 366 g/mol. The van der Waals surface area contributed by atoms with E-state index in [1.807, 2.05) is 6.92 Å². The summed E-state index contributed by atoms with van der Waals surface area (Å²) in [6.45, 7) is 1.86. The van der Waals surface area contributed by atoms with Gasteiger partial charge in [-0.2, -0.15) is 0 Å². The van der Waals surface area contributed by atoms with E-state index in [0.717, 1.165) is 29.0 Å². The molecule has 0 radical (unpaired) electrons. The van der Waals surface area contributed by atoms with Crippen LogP contribution in [0.15, 0.2) is 52.7 Å². The lowest BCUT2D eigenvalue weighted by atomic mass is 10.1. The van der Waals surface area contributed by atoms with Gasteiger partial charge in [0.1, 0.15) is 11.6 Å². The minimum atomic E-state index is -3.77. The lowest BCUT2D eigenvalue weighted by Gasteiger charge is -2.05. The predicted molar refractivity (Wildman–Crippen MR) is 89.5 cm³/mol. The smallest absolute Gasteiger partial charge is 0.255 e. The SMILES string of the molecule is Cc1ccc(S(=O)(=O)Nc2nc(-c3ccc(F)cc3F)cs2)cc1. The van der Waals surface area contributed by atoms with Crippen molar-refractivity contribution in [3.8, 4) is 11.3 Å². The van der Waals surface area contributed by atoms with Gasteiger partial charge in [-0.3, -0.25) is 4.72 Å². The summed E-state index contributed by atoms with van der Waals surface area (Å²) in [5, 5.41) is 1.61. The lowest BCUT2D eigenvalue weighted by molar-refractivity contribution is 0.585. The van der Waals surface area contributed by atoms with Crippen LogP contribution < -0.4 is 4.72 Å². The highest BCUT2D eigenvalue weighted by molar-refractivity contribution is 7.93. The van der Waals surface area contributed by atoms with Crippen molar-refractivity contribution in [2.75, 3.05) is 4.72 Å². The van der Waals surface area contributed by atoms with Crippen LogP contribution in [0.25, 0.3) is 11.3 Å². The highest BCUT2D eigenvalue weighted by Gasteiger charge is 2.17. The number of aromatic nitrogens is 1. The zero-order chi connectivity index (χ0) is 17.3. The van der Waals surface area contributed by atoms with E-state index in [1.54, 1.807) is 12.1 Å². The summed E-state index contributed by atoms with van der Waals surface area (Å²) in [6.07, 6.45) is 0. The van der Waals surface area contributed by atoms with Crippen molar-refractivity contribution >= 4 is 26.5 Å². The normalized spacial score (nSPS) is 11.5. The van der Waals surface area contributed by atoms with Gasteiger partial charge in [0.05, 0.1) is 10.6 Å². The van der Waals surface area contributed by atoms with E-state index in [-0.39, 0.29) is 21.3 Å². The zero-order valence-corrected chi connectivity index (χ0v) is 14.1. The second kappa shape index (κ2) is 6.29. The predicted octanol–water partition coefficient (Wildman–Crippen LogP) is 4.20. The van der Waals surface area contributed by atoms with Crippen LogP contribution in [-0.2, 0) is 10.0 Å². The van der Waals surface area contributed by atoms with Crippen molar-refractivity contribution in [1.82, 2.24) is 4.98 Å². The van der Waals surface area contributed by atoms with Crippen molar-refractivity contribution in [1.29, 1.82) is 0 Å². The van der Waals surface area contributed by atoms with E-state index >= 15 is 0 Å². The van der Waals surface area contributed by atoms with E-state index in [1.165, 1.54) is 23.6 Å². The molecule has 0 aliphatic heterocycles. The van der Waals surface area contributed by atoms with Crippen LogP contribution in [0.5, 0.6) is 0 Å². The summed E-state index contributed by atoms with van der Waals surface area (Å²) in [7, 11) is -3.77.